The van der Waals surface area contributed by atoms with E-state index < -0.39 is 6.09 Å². The Balaban J connectivity index is 1.55. The van der Waals surface area contributed by atoms with E-state index in [4.69, 9.17) is 4.74 Å². The number of amides is 1. The minimum Gasteiger partial charge on any atom is -0.447 e. The van der Waals surface area contributed by atoms with Crippen LogP contribution in [0.3, 0.4) is 0 Å². The van der Waals surface area contributed by atoms with E-state index in [-0.39, 0.29) is 12.1 Å². The normalized spacial score (nSPS) is 17.1. The fraction of sp³-hybridized carbons (Fsp3) is 0.381. The van der Waals surface area contributed by atoms with Gasteiger partial charge < -0.3 is 14.6 Å². The van der Waals surface area contributed by atoms with Gasteiger partial charge >= 0.3 is 6.09 Å². The van der Waals surface area contributed by atoms with Gasteiger partial charge in [-0.3, -0.25) is 0 Å². The molecule has 0 aliphatic carbocycles. The van der Waals surface area contributed by atoms with Gasteiger partial charge in [-0.05, 0) is 44.9 Å². The quantitative estimate of drug-likeness (QED) is 0.667. The van der Waals surface area contributed by atoms with Gasteiger partial charge in [0, 0.05) is 11.9 Å². The molecule has 3 aromatic rings. The Kier molecular flexibility index (Phi) is 5.35. The van der Waals surface area contributed by atoms with Gasteiger partial charge in [0.1, 0.15) is 12.4 Å². The summed E-state index contributed by atoms with van der Waals surface area (Å²) in [4.78, 5) is 31.3. The second-order valence-corrected chi connectivity index (χ2v) is 7.43. The summed E-state index contributed by atoms with van der Waals surface area (Å²) in [5, 5.41) is 3.27. The number of hydrogen-bond donors (Lipinski definition) is 1. The lowest BCUT2D eigenvalue weighted by Crippen LogP contribution is -2.34. The van der Waals surface area contributed by atoms with Crippen LogP contribution in [0.1, 0.15) is 43.4 Å². The molecule has 1 aliphatic heterocycles. The monoisotopic (exact) mass is 407 g/mol. The van der Waals surface area contributed by atoms with Crippen molar-refractivity contribution in [2.24, 2.45) is 0 Å². The lowest BCUT2D eigenvalue weighted by Gasteiger charge is -2.19. The van der Waals surface area contributed by atoms with E-state index in [0.717, 1.165) is 17.8 Å². The van der Waals surface area contributed by atoms with E-state index in [1.807, 2.05) is 36.7 Å². The topological polar surface area (TPSA) is 98.1 Å². The number of aryl methyl sites for hydroxylation is 2. The Morgan fingerprint density at radius 1 is 1.27 bits per heavy atom. The number of nitrogens with zero attached hydrogens (tertiary/aromatic N) is 6. The third-order valence-electron chi connectivity index (χ3n) is 5.07. The van der Waals surface area contributed by atoms with Crippen molar-refractivity contribution in [2.45, 2.75) is 46.2 Å². The molecule has 1 aromatic carbocycles. The van der Waals surface area contributed by atoms with Gasteiger partial charge in [0.15, 0.2) is 0 Å². The number of cyclic esters (lactones) is 1. The van der Waals surface area contributed by atoms with Crippen LogP contribution in [0.4, 0.5) is 16.7 Å². The van der Waals surface area contributed by atoms with E-state index in [9.17, 15) is 4.79 Å². The number of carbonyl (C=O) groups excluding carboxylic acids is 1. The highest BCUT2D eigenvalue weighted by atomic mass is 16.6. The molecule has 1 amide bonds. The molecule has 3 heterocycles. The van der Waals surface area contributed by atoms with Crippen LogP contribution in [0.25, 0.3) is 5.69 Å². The predicted octanol–water partition coefficient (Wildman–Crippen LogP) is 3.58. The Labute approximate surface area is 175 Å². The zero-order valence-corrected chi connectivity index (χ0v) is 17.5. The van der Waals surface area contributed by atoms with E-state index in [0.29, 0.717) is 24.3 Å². The largest absolute Gasteiger partial charge is 0.447 e. The second kappa shape index (κ2) is 8.10. The standard InChI is InChI=1S/C21H25N7O2/c1-5-16-11-30-21(29)28(16)20-25-15(4)24-19(26-20)23-14(3)18-10-27(12-22-18)17-8-6-7-13(2)9-17/h6-10,12,14,16H,5,11H2,1-4H3,(H,23,24,25,26)/t14-,16-/m0/s1. The number of nitrogens with one attached hydrogen (secondary N) is 1. The van der Waals surface area contributed by atoms with Crippen LogP contribution in [0.5, 0.6) is 0 Å². The summed E-state index contributed by atoms with van der Waals surface area (Å²) in [6, 6.07) is 8.01. The van der Waals surface area contributed by atoms with E-state index in [1.165, 1.54) is 10.5 Å². The molecule has 0 unspecified atom stereocenters. The summed E-state index contributed by atoms with van der Waals surface area (Å²) in [6.07, 6.45) is 4.10. The van der Waals surface area contributed by atoms with Gasteiger partial charge in [0.05, 0.1) is 24.1 Å². The lowest BCUT2D eigenvalue weighted by molar-refractivity contribution is 0.178. The van der Waals surface area contributed by atoms with Crippen molar-refractivity contribution in [1.82, 2.24) is 24.5 Å². The highest BCUT2D eigenvalue weighted by Crippen LogP contribution is 2.24. The average Bonchev–Trinajstić information content (AvgIpc) is 3.34. The summed E-state index contributed by atoms with van der Waals surface area (Å²) in [6.45, 7) is 8.16. The number of rotatable bonds is 6. The van der Waals surface area contributed by atoms with Crippen molar-refractivity contribution >= 4 is 18.0 Å². The SMILES string of the molecule is CC[C@H]1COC(=O)N1c1nc(C)nc(N[C@@H](C)c2cn(-c3cccc(C)c3)cn2)n1. The number of imidazole rings is 1. The van der Waals surface area contributed by atoms with E-state index >= 15 is 0 Å². The van der Waals surface area contributed by atoms with Crippen LogP contribution in [0.2, 0.25) is 0 Å². The summed E-state index contributed by atoms with van der Waals surface area (Å²) >= 11 is 0. The average molecular weight is 407 g/mol. The van der Waals surface area contributed by atoms with Gasteiger partial charge in [-0.15, -0.1) is 0 Å². The number of carbonyl (C=O) groups is 1. The molecule has 1 fully saturated rings. The maximum Gasteiger partial charge on any atom is 0.417 e. The molecule has 4 rings (SSSR count). The van der Waals surface area contributed by atoms with Crippen LogP contribution in [0, 0.1) is 13.8 Å². The van der Waals surface area contributed by atoms with Crippen LogP contribution in [-0.2, 0) is 4.74 Å². The highest BCUT2D eigenvalue weighted by Gasteiger charge is 2.35. The zero-order chi connectivity index (χ0) is 21.3. The van der Waals surface area contributed by atoms with Crippen LogP contribution in [0.15, 0.2) is 36.8 Å². The number of ether oxygens (including phenoxy) is 1. The highest BCUT2D eigenvalue weighted by molar-refractivity contribution is 5.88. The molecule has 0 bridgehead atoms. The summed E-state index contributed by atoms with van der Waals surface area (Å²) in [7, 11) is 0. The summed E-state index contributed by atoms with van der Waals surface area (Å²) < 4.78 is 7.14. The lowest BCUT2D eigenvalue weighted by atomic mass is 10.2. The molecule has 1 N–H and O–H groups in total. The first-order valence-corrected chi connectivity index (χ1v) is 10.0. The molecule has 1 saturated heterocycles. The Hall–Kier alpha value is -3.49. The molecule has 9 heteroatoms. The molecule has 30 heavy (non-hydrogen) atoms. The van der Waals surface area contributed by atoms with Crippen molar-refractivity contribution < 1.29 is 9.53 Å². The number of aromatic nitrogens is 5. The first-order chi connectivity index (χ1) is 14.4. The maximum absolute atomic E-state index is 12.1. The van der Waals surface area contributed by atoms with Crippen LogP contribution >= 0.6 is 0 Å². The van der Waals surface area contributed by atoms with E-state index in [2.05, 4.69) is 44.3 Å². The minimum absolute atomic E-state index is 0.0744. The number of hydrogen-bond acceptors (Lipinski definition) is 7. The molecule has 2 atom stereocenters. The zero-order valence-electron chi connectivity index (χ0n) is 17.5. The molecule has 1 aliphatic rings. The van der Waals surface area contributed by atoms with Gasteiger partial charge in [0.25, 0.3) is 0 Å². The third kappa shape index (κ3) is 3.96. The Morgan fingerprint density at radius 2 is 2.10 bits per heavy atom. The third-order valence-corrected chi connectivity index (χ3v) is 5.07. The molecule has 9 nitrogen and oxygen atoms in total. The molecule has 2 aromatic heterocycles. The molecule has 0 radical (unpaired) electrons. The van der Waals surface area contributed by atoms with E-state index in [1.54, 1.807) is 13.3 Å². The van der Waals surface area contributed by atoms with Crippen molar-refractivity contribution in [3.8, 4) is 5.69 Å². The molecular weight excluding hydrogens is 382 g/mol. The fourth-order valence-corrected chi connectivity index (χ4v) is 3.41. The first kappa shape index (κ1) is 19.8. The Morgan fingerprint density at radius 3 is 2.87 bits per heavy atom. The second-order valence-electron chi connectivity index (χ2n) is 7.43. The molecule has 0 saturated carbocycles. The fourth-order valence-electron chi connectivity index (χ4n) is 3.41. The minimum atomic E-state index is -0.427. The van der Waals surface area contributed by atoms with Crippen molar-refractivity contribution in [1.29, 1.82) is 0 Å². The van der Waals surface area contributed by atoms with Crippen molar-refractivity contribution in [3.63, 3.8) is 0 Å². The number of benzene rings is 1. The molecule has 0 spiro atoms. The van der Waals surface area contributed by atoms with Gasteiger partial charge in [-0.25, -0.2) is 14.7 Å². The Bertz CT molecular complexity index is 1070. The first-order valence-electron chi connectivity index (χ1n) is 10.0. The molecule has 156 valence electrons. The number of anilines is 2. The summed E-state index contributed by atoms with van der Waals surface area (Å²) in [5.41, 5.74) is 3.09. The summed E-state index contributed by atoms with van der Waals surface area (Å²) in [5.74, 6) is 1.22. The smallest absolute Gasteiger partial charge is 0.417 e. The maximum atomic E-state index is 12.1. The van der Waals surface area contributed by atoms with Crippen molar-refractivity contribution in [3.05, 3.63) is 53.9 Å². The van der Waals surface area contributed by atoms with Gasteiger partial charge in [-0.2, -0.15) is 15.0 Å². The van der Waals surface area contributed by atoms with Gasteiger partial charge in [-0.1, -0.05) is 19.1 Å². The van der Waals surface area contributed by atoms with Crippen LogP contribution < -0.4 is 10.2 Å². The predicted molar refractivity (Wildman–Crippen MR) is 113 cm³/mol. The molecular formula is C21H25N7O2. The van der Waals surface area contributed by atoms with Crippen LogP contribution in [-0.4, -0.2) is 43.2 Å². The van der Waals surface area contributed by atoms with Crippen molar-refractivity contribution in [2.75, 3.05) is 16.8 Å². The van der Waals surface area contributed by atoms with Gasteiger partial charge in [0.2, 0.25) is 11.9 Å².